The summed E-state index contributed by atoms with van der Waals surface area (Å²) in [4.78, 5) is 0. The molecule has 0 spiro atoms. The van der Waals surface area contributed by atoms with Crippen molar-refractivity contribution in [1.29, 1.82) is 0 Å². The van der Waals surface area contributed by atoms with Crippen molar-refractivity contribution >= 4 is 5.57 Å². The molecule has 0 saturated carbocycles. The summed E-state index contributed by atoms with van der Waals surface area (Å²) in [6, 6.07) is 10.3. The predicted octanol–water partition coefficient (Wildman–Crippen LogP) is 5.16. The summed E-state index contributed by atoms with van der Waals surface area (Å²) >= 11 is 0. The van der Waals surface area contributed by atoms with Crippen LogP contribution in [0.4, 0.5) is 0 Å². The molecule has 0 unspecified atom stereocenters. The maximum atomic E-state index is 3.94. The van der Waals surface area contributed by atoms with E-state index in [2.05, 4.69) is 25.6 Å². The van der Waals surface area contributed by atoms with Crippen LogP contribution >= 0.6 is 0 Å². The maximum Gasteiger partial charge on any atom is -0.0231 e. The molecule has 0 aromatic heterocycles. The van der Waals surface area contributed by atoms with Gasteiger partial charge in [-0.1, -0.05) is 71.5 Å². The Morgan fingerprint density at radius 1 is 1.00 bits per heavy atom. The molecule has 0 aliphatic heterocycles. The molecule has 0 aliphatic carbocycles. The first-order valence-electron chi connectivity index (χ1n) is 5.57. The second-order valence-electron chi connectivity index (χ2n) is 2.32. The second kappa shape index (κ2) is 12.0. The third kappa shape index (κ3) is 6.47. The van der Waals surface area contributed by atoms with Gasteiger partial charge in [0.05, 0.1) is 0 Å². The van der Waals surface area contributed by atoms with Crippen molar-refractivity contribution in [2.45, 2.75) is 41.0 Å². The first kappa shape index (κ1) is 15.4. The van der Waals surface area contributed by atoms with E-state index in [1.807, 2.05) is 45.9 Å². The fraction of sp³-hybridized carbons (Fsp3) is 0.429. The SMILES string of the molecule is C=C(CC)c1ccccc1.CC.CC. The van der Waals surface area contributed by atoms with E-state index in [1.54, 1.807) is 0 Å². The Kier molecular flexibility index (Phi) is 13.2. The lowest BCUT2D eigenvalue weighted by Gasteiger charge is -1.99. The van der Waals surface area contributed by atoms with Gasteiger partial charge in [-0.3, -0.25) is 0 Å². The summed E-state index contributed by atoms with van der Waals surface area (Å²) in [5, 5.41) is 0. The maximum absolute atomic E-state index is 3.94. The van der Waals surface area contributed by atoms with E-state index < -0.39 is 0 Å². The van der Waals surface area contributed by atoms with E-state index >= 15 is 0 Å². The number of hydrogen-bond acceptors (Lipinski definition) is 0. The van der Waals surface area contributed by atoms with E-state index in [1.165, 1.54) is 11.1 Å². The Balaban J connectivity index is 0. The van der Waals surface area contributed by atoms with Crippen molar-refractivity contribution in [3.8, 4) is 0 Å². The van der Waals surface area contributed by atoms with Crippen molar-refractivity contribution in [1.82, 2.24) is 0 Å². The average Bonchev–Trinajstić information content (AvgIpc) is 2.34. The summed E-state index contributed by atoms with van der Waals surface area (Å²) in [5.41, 5.74) is 2.46. The highest BCUT2D eigenvalue weighted by Crippen LogP contribution is 2.13. The molecule has 0 nitrogen and oxygen atoms in total. The number of rotatable bonds is 2. The summed E-state index contributed by atoms with van der Waals surface area (Å²) in [7, 11) is 0. The van der Waals surface area contributed by atoms with Crippen LogP contribution in [-0.2, 0) is 0 Å². The highest BCUT2D eigenvalue weighted by atomic mass is 14.0. The van der Waals surface area contributed by atoms with Crippen LogP contribution in [0.3, 0.4) is 0 Å². The first-order valence-corrected chi connectivity index (χ1v) is 5.57. The van der Waals surface area contributed by atoms with Gasteiger partial charge in [-0.2, -0.15) is 0 Å². The van der Waals surface area contributed by atoms with Crippen LogP contribution in [0.5, 0.6) is 0 Å². The molecule has 0 fully saturated rings. The van der Waals surface area contributed by atoms with Gasteiger partial charge in [-0.25, -0.2) is 0 Å². The summed E-state index contributed by atoms with van der Waals surface area (Å²) in [5.74, 6) is 0. The molecule has 1 rings (SSSR count). The Hall–Kier alpha value is -1.04. The standard InChI is InChI=1S/C10H12.2C2H6/c1-3-9(2)10-7-5-4-6-8-10;2*1-2/h4-8H,2-3H2,1H3;2*1-2H3. The molecule has 0 atom stereocenters. The topological polar surface area (TPSA) is 0 Å². The third-order valence-corrected chi connectivity index (χ3v) is 1.61. The number of allylic oxidation sites excluding steroid dienone is 1. The van der Waals surface area contributed by atoms with Crippen LogP contribution < -0.4 is 0 Å². The van der Waals surface area contributed by atoms with Gasteiger partial charge in [0.2, 0.25) is 0 Å². The lowest BCUT2D eigenvalue weighted by molar-refractivity contribution is 1.24. The minimum absolute atomic E-state index is 1.03. The van der Waals surface area contributed by atoms with Gasteiger partial charge >= 0.3 is 0 Å². The van der Waals surface area contributed by atoms with E-state index in [0.29, 0.717) is 0 Å². The highest BCUT2D eigenvalue weighted by Gasteiger charge is 1.91. The first-order chi connectivity index (χ1) is 6.84. The van der Waals surface area contributed by atoms with Crippen LogP contribution in [0.15, 0.2) is 36.9 Å². The normalized spacial score (nSPS) is 7.50. The molecule has 0 N–H and O–H groups in total. The van der Waals surface area contributed by atoms with Crippen molar-refractivity contribution in [3.63, 3.8) is 0 Å². The largest absolute Gasteiger partial charge is 0.0952 e. The molecule has 0 amide bonds. The van der Waals surface area contributed by atoms with Gasteiger partial charge in [0.25, 0.3) is 0 Å². The zero-order valence-corrected chi connectivity index (χ0v) is 10.3. The average molecular weight is 192 g/mol. The molecule has 0 heterocycles. The van der Waals surface area contributed by atoms with Gasteiger partial charge in [0, 0.05) is 0 Å². The van der Waals surface area contributed by atoms with Crippen LogP contribution in [-0.4, -0.2) is 0 Å². The molecule has 0 aliphatic rings. The minimum Gasteiger partial charge on any atom is -0.0952 e. The predicted molar refractivity (Wildman–Crippen MR) is 68.5 cm³/mol. The zero-order chi connectivity index (χ0) is 11.4. The highest BCUT2D eigenvalue weighted by molar-refractivity contribution is 5.62. The lowest BCUT2D eigenvalue weighted by atomic mass is 10.1. The second-order valence-corrected chi connectivity index (χ2v) is 2.32. The Morgan fingerprint density at radius 2 is 1.43 bits per heavy atom. The Labute approximate surface area is 89.7 Å². The van der Waals surface area contributed by atoms with Crippen molar-refractivity contribution in [2.24, 2.45) is 0 Å². The summed E-state index contributed by atoms with van der Waals surface area (Å²) < 4.78 is 0. The van der Waals surface area contributed by atoms with E-state index in [0.717, 1.165) is 6.42 Å². The van der Waals surface area contributed by atoms with Crippen molar-refractivity contribution in [3.05, 3.63) is 42.5 Å². The molecular formula is C14H24. The summed E-state index contributed by atoms with van der Waals surface area (Å²) in [6.45, 7) is 14.1. The van der Waals surface area contributed by atoms with Crippen molar-refractivity contribution in [2.75, 3.05) is 0 Å². The fourth-order valence-corrected chi connectivity index (χ4v) is 0.878. The molecule has 14 heavy (non-hydrogen) atoms. The Morgan fingerprint density at radius 3 is 1.79 bits per heavy atom. The molecular weight excluding hydrogens is 168 g/mol. The number of hydrogen-bond donors (Lipinski definition) is 0. The Bertz CT molecular complexity index is 209. The fourth-order valence-electron chi connectivity index (χ4n) is 0.878. The third-order valence-electron chi connectivity index (χ3n) is 1.61. The van der Waals surface area contributed by atoms with Gasteiger partial charge < -0.3 is 0 Å². The summed E-state index contributed by atoms with van der Waals surface area (Å²) in [6.07, 6.45) is 1.03. The van der Waals surface area contributed by atoms with E-state index in [4.69, 9.17) is 0 Å². The smallest absolute Gasteiger partial charge is 0.0231 e. The number of benzene rings is 1. The quantitative estimate of drug-likeness (QED) is 0.607. The van der Waals surface area contributed by atoms with Gasteiger partial charge in [0.15, 0.2) is 0 Å². The van der Waals surface area contributed by atoms with Gasteiger partial charge in [0.1, 0.15) is 0 Å². The monoisotopic (exact) mass is 192 g/mol. The van der Waals surface area contributed by atoms with Gasteiger partial charge in [-0.15, -0.1) is 0 Å². The molecule has 80 valence electrons. The van der Waals surface area contributed by atoms with Gasteiger partial charge in [-0.05, 0) is 17.6 Å². The lowest BCUT2D eigenvalue weighted by Crippen LogP contribution is -1.77. The van der Waals surface area contributed by atoms with E-state index in [9.17, 15) is 0 Å². The molecule has 1 aromatic rings. The molecule has 1 aromatic carbocycles. The van der Waals surface area contributed by atoms with Crippen LogP contribution in [0.2, 0.25) is 0 Å². The molecule has 0 radical (unpaired) electrons. The zero-order valence-electron chi connectivity index (χ0n) is 10.3. The van der Waals surface area contributed by atoms with Crippen LogP contribution in [0.1, 0.15) is 46.6 Å². The molecule has 0 heteroatoms. The van der Waals surface area contributed by atoms with Crippen molar-refractivity contribution < 1.29 is 0 Å². The van der Waals surface area contributed by atoms with Crippen LogP contribution in [0.25, 0.3) is 5.57 Å². The molecule has 0 saturated heterocycles. The van der Waals surface area contributed by atoms with E-state index in [-0.39, 0.29) is 0 Å². The minimum atomic E-state index is 1.03. The molecule has 0 bridgehead atoms. The van der Waals surface area contributed by atoms with Crippen LogP contribution in [0, 0.1) is 0 Å².